The summed E-state index contributed by atoms with van der Waals surface area (Å²) < 4.78 is 2.48. The molecule has 132 valence electrons. The Bertz CT molecular complexity index is 785. The third-order valence-corrected chi connectivity index (χ3v) is 5.72. The minimum Gasteiger partial charge on any atom is -0.395 e. The Kier molecular flexibility index (Phi) is 5.04. The summed E-state index contributed by atoms with van der Waals surface area (Å²) in [6.07, 6.45) is 6.07. The normalized spacial score (nSPS) is 19.0. The van der Waals surface area contributed by atoms with Gasteiger partial charge in [-0.05, 0) is 50.9 Å². The van der Waals surface area contributed by atoms with Gasteiger partial charge in [-0.25, -0.2) is 0 Å². The Morgan fingerprint density at radius 3 is 2.16 bits per heavy atom. The number of aliphatic hydroxyl groups is 1. The fourth-order valence-corrected chi connectivity index (χ4v) is 4.39. The number of para-hydroxylation sites is 2. The van der Waals surface area contributed by atoms with E-state index in [1.165, 1.54) is 47.5 Å². The van der Waals surface area contributed by atoms with Gasteiger partial charge >= 0.3 is 0 Å². The molecule has 1 fully saturated rings. The van der Waals surface area contributed by atoms with Crippen molar-refractivity contribution in [2.75, 3.05) is 19.7 Å². The monoisotopic (exact) mass is 336 g/mol. The van der Waals surface area contributed by atoms with E-state index < -0.39 is 0 Å². The van der Waals surface area contributed by atoms with Gasteiger partial charge in [-0.1, -0.05) is 42.8 Å². The van der Waals surface area contributed by atoms with Crippen LogP contribution >= 0.6 is 0 Å². The maximum Gasteiger partial charge on any atom is 0.0586 e. The van der Waals surface area contributed by atoms with Crippen molar-refractivity contribution in [1.82, 2.24) is 9.47 Å². The second kappa shape index (κ2) is 7.59. The van der Waals surface area contributed by atoms with Crippen LogP contribution in [0.5, 0.6) is 0 Å². The van der Waals surface area contributed by atoms with E-state index in [-0.39, 0.29) is 0 Å². The van der Waals surface area contributed by atoms with Gasteiger partial charge in [0, 0.05) is 34.4 Å². The van der Waals surface area contributed by atoms with Crippen LogP contribution in [0.1, 0.15) is 32.1 Å². The maximum absolute atomic E-state index is 9.56. The molecule has 4 rings (SSSR count). The highest BCUT2D eigenvalue weighted by atomic mass is 16.3. The molecule has 2 aromatic carbocycles. The van der Waals surface area contributed by atoms with Crippen LogP contribution in [-0.2, 0) is 6.54 Å². The van der Waals surface area contributed by atoms with Gasteiger partial charge in [-0.3, -0.25) is 4.90 Å². The number of nitrogens with zero attached hydrogens (tertiary/aromatic N) is 2. The Labute approximate surface area is 149 Å². The summed E-state index contributed by atoms with van der Waals surface area (Å²) in [6, 6.07) is 17.9. The first-order valence-corrected chi connectivity index (χ1v) is 9.69. The van der Waals surface area contributed by atoms with E-state index >= 15 is 0 Å². The Hall–Kier alpha value is -1.84. The summed E-state index contributed by atoms with van der Waals surface area (Å²) in [6.45, 7) is 3.64. The zero-order valence-corrected chi connectivity index (χ0v) is 14.9. The fraction of sp³-hybridized carbons (Fsp3) is 0.455. The van der Waals surface area contributed by atoms with Crippen LogP contribution in [0.15, 0.2) is 48.5 Å². The molecule has 3 heteroatoms. The molecule has 1 aliphatic rings. The van der Waals surface area contributed by atoms with E-state index in [2.05, 4.69) is 58.0 Å². The van der Waals surface area contributed by atoms with E-state index in [4.69, 9.17) is 0 Å². The second-order valence-electron chi connectivity index (χ2n) is 7.26. The number of hydrogen-bond donors (Lipinski definition) is 1. The summed E-state index contributed by atoms with van der Waals surface area (Å²) in [5.41, 5.74) is 2.69. The molecule has 1 unspecified atom stereocenters. The van der Waals surface area contributed by atoms with Gasteiger partial charge in [0.2, 0.25) is 0 Å². The quantitative estimate of drug-likeness (QED) is 0.675. The minimum absolute atomic E-state index is 0.312. The number of hydrogen-bond acceptors (Lipinski definition) is 2. The number of aliphatic hydroxyl groups excluding tert-OH is 1. The second-order valence-corrected chi connectivity index (χ2v) is 7.26. The molecule has 2 heterocycles. The van der Waals surface area contributed by atoms with Crippen molar-refractivity contribution >= 4 is 21.8 Å². The molecule has 0 spiro atoms. The first-order valence-electron chi connectivity index (χ1n) is 9.69. The number of unbranched alkanes of at least 4 members (excludes halogenated alkanes) is 1. The minimum atomic E-state index is 0.312. The predicted molar refractivity (Wildman–Crippen MR) is 105 cm³/mol. The van der Waals surface area contributed by atoms with Gasteiger partial charge in [-0.2, -0.15) is 0 Å². The van der Waals surface area contributed by atoms with Crippen molar-refractivity contribution in [3.05, 3.63) is 48.5 Å². The van der Waals surface area contributed by atoms with Crippen LogP contribution < -0.4 is 0 Å². The molecular formula is C22H28N2O. The smallest absolute Gasteiger partial charge is 0.0586 e. The highest BCUT2D eigenvalue weighted by molar-refractivity contribution is 6.07. The molecule has 25 heavy (non-hydrogen) atoms. The van der Waals surface area contributed by atoms with Gasteiger partial charge in [-0.15, -0.1) is 0 Å². The van der Waals surface area contributed by atoms with Gasteiger partial charge in [0.15, 0.2) is 0 Å². The lowest BCUT2D eigenvalue weighted by Gasteiger charge is -2.34. The molecule has 1 aromatic heterocycles. The van der Waals surface area contributed by atoms with Crippen molar-refractivity contribution in [2.45, 2.75) is 44.7 Å². The molecule has 0 saturated carbocycles. The molecular weight excluding hydrogens is 308 g/mol. The highest BCUT2D eigenvalue weighted by Gasteiger charge is 2.20. The highest BCUT2D eigenvalue weighted by Crippen LogP contribution is 2.29. The van der Waals surface area contributed by atoms with Gasteiger partial charge < -0.3 is 9.67 Å². The van der Waals surface area contributed by atoms with Crippen LogP contribution in [-0.4, -0.2) is 40.3 Å². The van der Waals surface area contributed by atoms with Crippen LogP contribution in [0.4, 0.5) is 0 Å². The molecule has 0 amide bonds. The molecule has 0 aliphatic carbocycles. The fourth-order valence-electron chi connectivity index (χ4n) is 4.39. The van der Waals surface area contributed by atoms with Gasteiger partial charge in [0.25, 0.3) is 0 Å². The molecule has 3 nitrogen and oxygen atoms in total. The largest absolute Gasteiger partial charge is 0.395 e. The number of piperidine rings is 1. The maximum atomic E-state index is 9.56. The molecule has 0 bridgehead atoms. The number of likely N-dealkylation sites (tertiary alicyclic amines) is 1. The van der Waals surface area contributed by atoms with Crippen molar-refractivity contribution < 1.29 is 5.11 Å². The van der Waals surface area contributed by atoms with Crippen molar-refractivity contribution in [3.63, 3.8) is 0 Å². The van der Waals surface area contributed by atoms with Crippen molar-refractivity contribution in [2.24, 2.45) is 0 Å². The molecule has 1 N–H and O–H groups in total. The number of rotatable bonds is 6. The van der Waals surface area contributed by atoms with Gasteiger partial charge in [0.1, 0.15) is 0 Å². The average Bonchev–Trinajstić information content (AvgIpc) is 3.00. The van der Waals surface area contributed by atoms with E-state index in [0.29, 0.717) is 12.6 Å². The van der Waals surface area contributed by atoms with Crippen LogP contribution in [0.25, 0.3) is 21.8 Å². The predicted octanol–water partition coefficient (Wildman–Crippen LogP) is 4.42. The SMILES string of the molecule is OCC1CCCCN1CCCCn1c2ccccc2c2ccccc21. The summed E-state index contributed by atoms with van der Waals surface area (Å²) >= 11 is 0. The number of aromatic nitrogens is 1. The zero-order chi connectivity index (χ0) is 17.1. The molecule has 1 aliphatic heterocycles. The third-order valence-electron chi connectivity index (χ3n) is 5.72. The summed E-state index contributed by atoms with van der Waals surface area (Å²) in [4.78, 5) is 2.50. The number of fused-ring (bicyclic) bond motifs is 3. The molecule has 3 aromatic rings. The van der Waals surface area contributed by atoms with E-state index in [1.807, 2.05) is 0 Å². The van der Waals surface area contributed by atoms with E-state index in [0.717, 1.165) is 26.1 Å². The van der Waals surface area contributed by atoms with Crippen LogP contribution in [0, 0.1) is 0 Å². The zero-order valence-electron chi connectivity index (χ0n) is 14.9. The van der Waals surface area contributed by atoms with E-state index in [9.17, 15) is 5.11 Å². The summed E-state index contributed by atoms with van der Waals surface area (Å²) in [5, 5.41) is 12.3. The van der Waals surface area contributed by atoms with E-state index in [1.54, 1.807) is 0 Å². The van der Waals surface area contributed by atoms with Crippen molar-refractivity contribution in [3.8, 4) is 0 Å². The standard InChI is InChI=1S/C22H28N2O/c25-17-18-9-5-6-14-23(18)15-7-8-16-24-21-12-3-1-10-19(21)20-11-2-4-13-22(20)24/h1-4,10-13,18,25H,5-9,14-17H2. The van der Waals surface area contributed by atoms with Gasteiger partial charge in [0.05, 0.1) is 6.61 Å². The topological polar surface area (TPSA) is 28.4 Å². The summed E-state index contributed by atoms with van der Waals surface area (Å²) in [7, 11) is 0. The molecule has 1 saturated heterocycles. The Morgan fingerprint density at radius 1 is 0.840 bits per heavy atom. The number of benzene rings is 2. The average molecular weight is 336 g/mol. The third kappa shape index (κ3) is 3.31. The first kappa shape index (κ1) is 16.6. The summed E-state index contributed by atoms with van der Waals surface area (Å²) in [5.74, 6) is 0. The number of aryl methyl sites for hydroxylation is 1. The Balaban J connectivity index is 1.46. The lowest BCUT2D eigenvalue weighted by Crippen LogP contribution is -2.42. The van der Waals surface area contributed by atoms with Crippen LogP contribution in [0.3, 0.4) is 0 Å². The lowest BCUT2D eigenvalue weighted by atomic mass is 10.0. The van der Waals surface area contributed by atoms with Crippen molar-refractivity contribution in [1.29, 1.82) is 0 Å². The molecule has 1 atom stereocenters. The molecule has 0 radical (unpaired) electrons. The first-order chi connectivity index (χ1) is 12.4. The lowest BCUT2D eigenvalue weighted by molar-refractivity contribution is 0.0885. The van der Waals surface area contributed by atoms with Crippen LogP contribution in [0.2, 0.25) is 0 Å². The Morgan fingerprint density at radius 2 is 1.48 bits per heavy atom.